The first-order valence-electron chi connectivity index (χ1n) is 7.87. The van der Waals surface area contributed by atoms with Gasteiger partial charge in [0, 0.05) is 5.02 Å². The zero-order valence-electron chi connectivity index (χ0n) is 12.2. The Bertz CT molecular complexity index is 367. The molecule has 112 valence electrons. The monoisotopic (exact) mass is 295 g/mol. The molecule has 1 aromatic carbocycles. The number of aliphatic hydroxyl groups excluding tert-OH is 1. The van der Waals surface area contributed by atoms with Gasteiger partial charge in [0.25, 0.3) is 0 Å². The summed E-state index contributed by atoms with van der Waals surface area (Å²) in [4.78, 5) is 0. The second-order valence-electron chi connectivity index (χ2n) is 5.96. The Hall–Kier alpha value is -0.570. The standard InChI is InChI=1S/C12H16ClN.C5H10O/c13-12-3-1-10(2-4-12)9-11-5-7-14-8-6-11;6-5-3-1-2-4-5/h1-4,11,14H,5-9H2;5-6H,1-4H2. The van der Waals surface area contributed by atoms with Crippen LogP contribution in [0.1, 0.15) is 44.1 Å². The van der Waals surface area contributed by atoms with E-state index >= 15 is 0 Å². The second kappa shape index (κ2) is 8.66. The Balaban J connectivity index is 0.000000205. The smallest absolute Gasteiger partial charge is 0.0540 e. The molecule has 0 atom stereocenters. The largest absolute Gasteiger partial charge is 0.393 e. The zero-order valence-corrected chi connectivity index (χ0v) is 12.9. The molecule has 2 nitrogen and oxygen atoms in total. The van der Waals surface area contributed by atoms with Gasteiger partial charge in [-0.15, -0.1) is 0 Å². The minimum Gasteiger partial charge on any atom is -0.393 e. The minimum atomic E-state index is 0.0463. The lowest BCUT2D eigenvalue weighted by Gasteiger charge is -2.22. The zero-order chi connectivity index (χ0) is 14.2. The summed E-state index contributed by atoms with van der Waals surface area (Å²) in [6.07, 6.45) is 8.43. The van der Waals surface area contributed by atoms with Crippen molar-refractivity contribution in [2.75, 3.05) is 13.1 Å². The molecule has 3 heteroatoms. The Kier molecular flexibility index (Phi) is 6.85. The van der Waals surface area contributed by atoms with Crippen molar-refractivity contribution < 1.29 is 5.11 Å². The molecule has 0 amide bonds. The molecule has 1 aromatic rings. The van der Waals surface area contributed by atoms with E-state index in [2.05, 4.69) is 17.4 Å². The van der Waals surface area contributed by atoms with Crippen LogP contribution in [0, 0.1) is 5.92 Å². The van der Waals surface area contributed by atoms with E-state index in [1.807, 2.05) is 12.1 Å². The summed E-state index contributed by atoms with van der Waals surface area (Å²) >= 11 is 5.84. The molecule has 2 N–H and O–H groups in total. The van der Waals surface area contributed by atoms with Gasteiger partial charge in [0.2, 0.25) is 0 Å². The Morgan fingerprint density at radius 1 is 1.00 bits per heavy atom. The number of hydrogen-bond acceptors (Lipinski definition) is 2. The highest BCUT2D eigenvalue weighted by atomic mass is 35.5. The lowest BCUT2D eigenvalue weighted by Crippen LogP contribution is -2.28. The third-order valence-electron chi connectivity index (χ3n) is 4.22. The molecule has 1 saturated carbocycles. The van der Waals surface area contributed by atoms with Crippen LogP contribution in [-0.2, 0) is 6.42 Å². The van der Waals surface area contributed by atoms with Crippen LogP contribution in [-0.4, -0.2) is 24.3 Å². The minimum absolute atomic E-state index is 0.0463. The van der Waals surface area contributed by atoms with E-state index in [1.54, 1.807) is 0 Å². The number of nitrogens with one attached hydrogen (secondary N) is 1. The molecule has 2 aliphatic rings. The van der Waals surface area contributed by atoms with Gasteiger partial charge in [0.1, 0.15) is 0 Å². The molecule has 1 aliphatic carbocycles. The quantitative estimate of drug-likeness (QED) is 0.870. The summed E-state index contributed by atoms with van der Waals surface area (Å²) in [7, 11) is 0. The van der Waals surface area contributed by atoms with Crippen LogP contribution in [0.15, 0.2) is 24.3 Å². The molecule has 3 rings (SSSR count). The fourth-order valence-electron chi connectivity index (χ4n) is 2.94. The Labute approximate surface area is 127 Å². The van der Waals surface area contributed by atoms with Crippen molar-refractivity contribution in [1.29, 1.82) is 0 Å². The molecule has 20 heavy (non-hydrogen) atoms. The Morgan fingerprint density at radius 2 is 1.60 bits per heavy atom. The summed E-state index contributed by atoms with van der Waals surface area (Å²) in [6, 6.07) is 8.25. The molecule has 1 heterocycles. The van der Waals surface area contributed by atoms with E-state index in [4.69, 9.17) is 16.7 Å². The maximum atomic E-state index is 8.73. The van der Waals surface area contributed by atoms with Crippen molar-refractivity contribution in [2.24, 2.45) is 5.92 Å². The third-order valence-corrected chi connectivity index (χ3v) is 4.47. The van der Waals surface area contributed by atoms with Crippen LogP contribution in [0.25, 0.3) is 0 Å². The number of benzene rings is 1. The molecular formula is C17H26ClNO. The first kappa shape index (κ1) is 15.8. The molecule has 0 bridgehead atoms. The highest BCUT2D eigenvalue weighted by molar-refractivity contribution is 6.30. The summed E-state index contributed by atoms with van der Waals surface area (Å²) in [5.41, 5.74) is 1.42. The van der Waals surface area contributed by atoms with E-state index in [0.29, 0.717) is 0 Å². The van der Waals surface area contributed by atoms with Crippen LogP contribution >= 0.6 is 11.6 Å². The molecule has 0 radical (unpaired) electrons. The van der Waals surface area contributed by atoms with Crippen LogP contribution in [0.3, 0.4) is 0 Å². The molecule has 1 saturated heterocycles. The van der Waals surface area contributed by atoms with Crippen molar-refractivity contribution in [1.82, 2.24) is 5.32 Å². The van der Waals surface area contributed by atoms with Gasteiger partial charge < -0.3 is 10.4 Å². The average molecular weight is 296 g/mol. The molecular weight excluding hydrogens is 270 g/mol. The molecule has 0 spiro atoms. The lowest BCUT2D eigenvalue weighted by molar-refractivity contribution is 0.183. The van der Waals surface area contributed by atoms with E-state index < -0.39 is 0 Å². The van der Waals surface area contributed by atoms with Crippen LogP contribution < -0.4 is 5.32 Å². The van der Waals surface area contributed by atoms with Gasteiger partial charge in [-0.1, -0.05) is 36.6 Å². The van der Waals surface area contributed by atoms with Crippen molar-refractivity contribution in [3.8, 4) is 0 Å². The number of hydrogen-bond donors (Lipinski definition) is 2. The SMILES string of the molecule is Clc1ccc(CC2CCNCC2)cc1.OC1CCCC1. The van der Waals surface area contributed by atoms with Gasteiger partial charge in [-0.25, -0.2) is 0 Å². The number of rotatable bonds is 2. The normalized spacial score (nSPS) is 20.5. The molecule has 2 fully saturated rings. The Morgan fingerprint density at radius 3 is 2.10 bits per heavy atom. The van der Waals surface area contributed by atoms with Crippen LogP contribution in [0.5, 0.6) is 0 Å². The second-order valence-corrected chi connectivity index (χ2v) is 6.40. The summed E-state index contributed by atoms with van der Waals surface area (Å²) in [5.74, 6) is 0.859. The first-order chi connectivity index (χ1) is 9.74. The summed E-state index contributed by atoms with van der Waals surface area (Å²) in [6.45, 7) is 2.36. The number of piperidine rings is 1. The lowest BCUT2D eigenvalue weighted by atomic mass is 9.91. The van der Waals surface area contributed by atoms with Crippen LogP contribution in [0.4, 0.5) is 0 Å². The summed E-state index contributed by atoms with van der Waals surface area (Å²) in [5, 5.41) is 13.0. The predicted octanol–water partition coefficient (Wildman–Crippen LogP) is 3.80. The number of halogens is 1. The van der Waals surface area contributed by atoms with Gasteiger partial charge in [0.15, 0.2) is 0 Å². The van der Waals surface area contributed by atoms with Crippen molar-refractivity contribution >= 4 is 11.6 Å². The molecule has 0 unspecified atom stereocenters. The summed E-state index contributed by atoms with van der Waals surface area (Å²) < 4.78 is 0. The number of aliphatic hydroxyl groups is 1. The van der Waals surface area contributed by atoms with E-state index in [9.17, 15) is 0 Å². The maximum absolute atomic E-state index is 8.73. The highest BCUT2D eigenvalue weighted by Gasteiger charge is 2.13. The van der Waals surface area contributed by atoms with Gasteiger partial charge >= 0.3 is 0 Å². The predicted molar refractivity (Wildman–Crippen MR) is 85.2 cm³/mol. The fraction of sp³-hybridized carbons (Fsp3) is 0.647. The topological polar surface area (TPSA) is 32.3 Å². The van der Waals surface area contributed by atoms with Crippen LogP contribution in [0.2, 0.25) is 5.02 Å². The third kappa shape index (κ3) is 5.82. The molecule has 1 aliphatic heterocycles. The highest BCUT2D eigenvalue weighted by Crippen LogP contribution is 2.19. The fourth-order valence-corrected chi connectivity index (χ4v) is 3.07. The van der Waals surface area contributed by atoms with E-state index in [0.717, 1.165) is 23.8 Å². The van der Waals surface area contributed by atoms with Gasteiger partial charge in [-0.2, -0.15) is 0 Å². The van der Waals surface area contributed by atoms with E-state index in [-0.39, 0.29) is 6.10 Å². The van der Waals surface area contributed by atoms with Crippen molar-refractivity contribution in [3.63, 3.8) is 0 Å². The van der Waals surface area contributed by atoms with Gasteiger partial charge in [0.05, 0.1) is 6.10 Å². The van der Waals surface area contributed by atoms with E-state index in [1.165, 1.54) is 50.8 Å². The van der Waals surface area contributed by atoms with Crippen molar-refractivity contribution in [3.05, 3.63) is 34.9 Å². The maximum Gasteiger partial charge on any atom is 0.0540 e. The van der Waals surface area contributed by atoms with Gasteiger partial charge in [-0.3, -0.25) is 0 Å². The van der Waals surface area contributed by atoms with Crippen molar-refractivity contribution in [2.45, 2.75) is 51.0 Å². The first-order valence-corrected chi connectivity index (χ1v) is 8.25. The average Bonchev–Trinajstić information content (AvgIpc) is 2.94. The van der Waals surface area contributed by atoms with Gasteiger partial charge in [-0.05, 0) is 68.8 Å². The molecule has 0 aromatic heterocycles.